The van der Waals surface area contributed by atoms with E-state index in [0.29, 0.717) is 0 Å². The highest BCUT2D eigenvalue weighted by molar-refractivity contribution is 7.89. The summed E-state index contributed by atoms with van der Waals surface area (Å²) in [6.45, 7) is 2.51. The summed E-state index contributed by atoms with van der Waals surface area (Å²) >= 11 is 0. The summed E-state index contributed by atoms with van der Waals surface area (Å²) in [5.74, 6) is 2.58. The molecule has 0 bridgehead atoms. The summed E-state index contributed by atoms with van der Waals surface area (Å²) in [6, 6.07) is 44.5. The maximum absolute atomic E-state index is 2.51. The first-order valence-corrected chi connectivity index (χ1v) is 15.5. The van der Waals surface area contributed by atoms with Gasteiger partial charge in [0.2, 0.25) is 0 Å². The fourth-order valence-corrected chi connectivity index (χ4v) is 13.9. The molecule has 4 aromatic carbocycles. The maximum Gasteiger partial charge on any atom is -0.00391 e. The van der Waals surface area contributed by atoms with Crippen molar-refractivity contribution in [3.63, 3.8) is 0 Å². The van der Waals surface area contributed by atoms with Gasteiger partial charge < -0.3 is 0 Å². The van der Waals surface area contributed by atoms with Crippen molar-refractivity contribution in [3.8, 4) is 0 Å². The first kappa shape index (κ1) is 21.4. The first-order valence-electron chi connectivity index (χ1n) is 10.2. The molecular formula is C27H27P3. The Kier molecular flexibility index (Phi) is 7.83. The van der Waals surface area contributed by atoms with Crippen molar-refractivity contribution in [3.05, 3.63) is 121 Å². The maximum atomic E-state index is 2.51. The SMILES string of the molecule is CP(CP(c1ccccc1)c1ccccc1)CP(c1ccccc1)c1ccccc1. The zero-order valence-corrected chi connectivity index (χ0v) is 20.0. The van der Waals surface area contributed by atoms with E-state index in [1.165, 1.54) is 33.0 Å². The highest BCUT2D eigenvalue weighted by Gasteiger charge is 2.21. The van der Waals surface area contributed by atoms with Crippen LogP contribution in [0.25, 0.3) is 0 Å². The van der Waals surface area contributed by atoms with Crippen LogP contribution in [0, 0.1) is 0 Å². The monoisotopic (exact) mass is 444 g/mol. The normalized spacial score (nSPS) is 11.3. The van der Waals surface area contributed by atoms with Gasteiger partial charge in [-0.15, -0.1) is 0 Å². The molecule has 0 aliphatic carbocycles. The zero-order valence-electron chi connectivity index (χ0n) is 17.3. The number of rotatable bonds is 8. The minimum atomic E-state index is -0.320. The average Bonchev–Trinajstić information content (AvgIpc) is 2.83. The largest absolute Gasteiger partial charge is 0.0999 e. The molecule has 3 heteroatoms. The van der Waals surface area contributed by atoms with Crippen molar-refractivity contribution in [1.82, 2.24) is 0 Å². The lowest BCUT2D eigenvalue weighted by atomic mass is 10.4. The zero-order chi connectivity index (χ0) is 20.6. The van der Waals surface area contributed by atoms with Crippen LogP contribution in [0.5, 0.6) is 0 Å². The van der Waals surface area contributed by atoms with Gasteiger partial charge in [0.05, 0.1) is 0 Å². The molecule has 4 aromatic rings. The third-order valence-electron chi connectivity index (χ3n) is 5.04. The Morgan fingerprint density at radius 3 is 0.867 bits per heavy atom. The molecule has 0 atom stereocenters. The van der Waals surface area contributed by atoms with Crippen LogP contribution in [-0.4, -0.2) is 18.5 Å². The van der Waals surface area contributed by atoms with Crippen LogP contribution >= 0.6 is 23.8 Å². The van der Waals surface area contributed by atoms with Crippen LogP contribution in [0.3, 0.4) is 0 Å². The van der Waals surface area contributed by atoms with Gasteiger partial charge in [-0.05, 0) is 55.5 Å². The molecule has 0 radical (unpaired) electrons. The predicted molar refractivity (Wildman–Crippen MR) is 141 cm³/mol. The van der Waals surface area contributed by atoms with E-state index in [0.717, 1.165) is 0 Å². The van der Waals surface area contributed by atoms with E-state index in [9.17, 15) is 0 Å². The van der Waals surface area contributed by atoms with Gasteiger partial charge >= 0.3 is 0 Å². The van der Waals surface area contributed by atoms with Gasteiger partial charge in [-0.25, -0.2) is 0 Å². The molecule has 0 unspecified atom stereocenters. The average molecular weight is 444 g/mol. The summed E-state index contributed by atoms with van der Waals surface area (Å²) < 4.78 is 0. The van der Waals surface area contributed by atoms with E-state index in [2.05, 4.69) is 128 Å². The minimum absolute atomic E-state index is 0.0962. The topological polar surface area (TPSA) is 0 Å². The van der Waals surface area contributed by atoms with Crippen molar-refractivity contribution in [2.24, 2.45) is 0 Å². The van der Waals surface area contributed by atoms with E-state index < -0.39 is 0 Å². The Morgan fingerprint density at radius 1 is 0.400 bits per heavy atom. The lowest BCUT2D eigenvalue weighted by Crippen LogP contribution is -2.16. The van der Waals surface area contributed by atoms with Gasteiger partial charge in [0.15, 0.2) is 0 Å². The van der Waals surface area contributed by atoms with Crippen LogP contribution in [-0.2, 0) is 0 Å². The van der Waals surface area contributed by atoms with E-state index in [1.807, 2.05) is 0 Å². The second kappa shape index (κ2) is 11.0. The fourth-order valence-electron chi connectivity index (χ4n) is 3.58. The van der Waals surface area contributed by atoms with Gasteiger partial charge in [-0.1, -0.05) is 129 Å². The molecule has 30 heavy (non-hydrogen) atoms. The van der Waals surface area contributed by atoms with Gasteiger partial charge in [0.25, 0.3) is 0 Å². The second-order valence-electron chi connectivity index (χ2n) is 7.34. The van der Waals surface area contributed by atoms with E-state index in [1.54, 1.807) is 0 Å². The van der Waals surface area contributed by atoms with Crippen molar-refractivity contribution < 1.29 is 0 Å². The van der Waals surface area contributed by atoms with Crippen molar-refractivity contribution >= 4 is 45.0 Å². The van der Waals surface area contributed by atoms with E-state index in [4.69, 9.17) is 0 Å². The number of hydrogen-bond acceptors (Lipinski definition) is 0. The fraction of sp³-hybridized carbons (Fsp3) is 0.111. The predicted octanol–water partition coefficient (Wildman–Crippen LogP) is 6.28. The first-order chi connectivity index (χ1) is 14.8. The Bertz CT molecular complexity index is 841. The summed E-state index contributed by atoms with van der Waals surface area (Å²) in [6.07, 6.45) is 0. The second-order valence-corrected chi connectivity index (χ2v) is 15.1. The molecule has 4 rings (SSSR count). The molecule has 0 amide bonds. The molecule has 0 aliphatic rings. The molecule has 0 heterocycles. The third kappa shape index (κ3) is 5.65. The molecule has 0 N–H and O–H groups in total. The van der Waals surface area contributed by atoms with Gasteiger partial charge in [0, 0.05) is 0 Å². The highest BCUT2D eigenvalue weighted by Crippen LogP contribution is 2.54. The van der Waals surface area contributed by atoms with Gasteiger partial charge in [-0.2, -0.15) is 0 Å². The molecule has 0 fully saturated rings. The molecule has 0 aromatic heterocycles. The lowest BCUT2D eigenvalue weighted by molar-refractivity contribution is 1.73. The molecule has 0 saturated heterocycles. The Morgan fingerprint density at radius 2 is 0.633 bits per heavy atom. The third-order valence-corrected chi connectivity index (χ3v) is 14.8. The van der Waals surface area contributed by atoms with Crippen LogP contribution in [0.15, 0.2) is 121 Å². The standard InChI is InChI=1S/C27H27P3/c1-28(22-29(24-14-6-2-7-15-24)25-16-8-3-9-17-25)23-30(26-18-10-4-11-19-26)27-20-12-5-13-21-27/h2-21H,22-23H2,1H3. The molecule has 150 valence electrons. The van der Waals surface area contributed by atoms with Crippen LogP contribution in [0.4, 0.5) is 0 Å². The highest BCUT2D eigenvalue weighted by atomic mass is 31.2. The summed E-state index contributed by atoms with van der Waals surface area (Å²) in [7, 11) is -0.735. The van der Waals surface area contributed by atoms with Gasteiger partial charge in [0.1, 0.15) is 0 Å². The number of benzene rings is 4. The molecule has 0 spiro atoms. The van der Waals surface area contributed by atoms with Crippen LogP contribution < -0.4 is 21.2 Å². The quantitative estimate of drug-likeness (QED) is 0.281. The molecular weight excluding hydrogens is 417 g/mol. The minimum Gasteiger partial charge on any atom is -0.0999 e. The van der Waals surface area contributed by atoms with Crippen LogP contribution in [0.2, 0.25) is 0 Å². The number of hydrogen-bond donors (Lipinski definition) is 0. The lowest BCUT2D eigenvalue weighted by Gasteiger charge is -2.27. The molecule has 0 aliphatic heterocycles. The van der Waals surface area contributed by atoms with E-state index >= 15 is 0 Å². The molecule has 0 saturated carbocycles. The Labute approximate surface area is 184 Å². The Balaban J connectivity index is 1.59. The smallest absolute Gasteiger partial charge is 0.00391 e. The van der Waals surface area contributed by atoms with E-state index in [-0.39, 0.29) is 23.8 Å². The summed E-state index contributed by atoms with van der Waals surface area (Å²) in [4.78, 5) is 0. The van der Waals surface area contributed by atoms with Crippen LogP contribution in [0.1, 0.15) is 0 Å². The van der Waals surface area contributed by atoms with Crippen molar-refractivity contribution in [2.75, 3.05) is 18.5 Å². The van der Waals surface area contributed by atoms with Gasteiger partial charge in [-0.3, -0.25) is 0 Å². The summed E-state index contributed by atoms with van der Waals surface area (Å²) in [5, 5.41) is 5.99. The van der Waals surface area contributed by atoms with Crippen molar-refractivity contribution in [2.45, 2.75) is 0 Å². The molecule has 0 nitrogen and oxygen atoms in total. The van der Waals surface area contributed by atoms with Crippen molar-refractivity contribution in [1.29, 1.82) is 0 Å². The Hall–Kier alpha value is -1.83. The summed E-state index contributed by atoms with van der Waals surface area (Å²) in [5.41, 5.74) is 0.